The van der Waals surface area contributed by atoms with Crippen LogP contribution in [0.5, 0.6) is 0 Å². The third-order valence-electron chi connectivity index (χ3n) is 1.99. The number of anilines is 1. The molecule has 0 saturated heterocycles. The topological polar surface area (TPSA) is 3.24 Å². The van der Waals surface area contributed by atoms with E-state index in [-0.39, 0.29) is 24.0 Å². The van der Waals surface area contributed by atoms with Gasteiger partial charge in [0.25, 0.3) is 0 Å². The molecule has 1 aromatic carbocycles. The summed E-state index contributed by atoms with van der Waals surface area (Å²) < 4.78 is 0.558. The molecular formula is C9H12INS2. The van der Waals surface area contributed by atoms with E-state index >= 15 is 0 Å². The average Bonchev–Trinajstić information content (AvgIpc) is 2.44. The Morgan fingerprint density at radius 2 is 2.08 bits per heavy atom. The van der Waals surface area contributed by atoms with Crippen LogP contribution in [0.4, 0.5) is 5.69 Å². The van der Waals surface area contributed by atoms with Gasteiger partial charge in [0.2, 0.25) is 0 Å². The van der Waals surface area contributed by atoms with Crippen LogP contribution < -0.4 is 4.90 Å². The van der Waals surface area contributed by atoms with Crippen molar-refractivity contribution in [1.29, 1.82) is 0 Å². The summed E-state index contributed by atoms with van der Waals surface area (Å²) in [7, 11) is 2.15. The van der Waals surface area contributed by atoms with E-state index in [1.165, 1.54) is 10.6 Å². The molecule has 0 radical (unpaired) electrons. The van der Waals surface area contributed by atoms with Gasteiger partial charge >= 0.3 is 0 Å². The molecule has 0 spiro atoms. The van der Waals surface area contributed by atoms with Crippen LogP contribution in [0.1, 0.15) is 0 Å². The number of benzene rings is 1. The highest BCUT2D eigenvalue weighted by Crippen LogP contribution is 2.45. The predicted molar refractivity (Wildman–Crippen MR) is 73.4 cm³/mol. The smallest absolute Gasteiger partial charge is 0.126 e. The van der Waals surface area contributed by atoms with Crippen LogP contribution in [0.3, 0.4) is 0 Å². The fourth-order valence-corrected chi connectivity index (χ4v) is 3.46. The van der Waals surface area contributed by atoms with E-state index < -0.39 is 0 Å². The quantitative estimate of drug-likeness (QED) is 0.728. The first-order valence-corrected chi connectivity index (χ1v) is 6.01. The molecular weight excluding hydrogens is 313 g/mol. The Labute approximate surface area is 105 Å². The van der Waals surface area contributed by atoms with Crippen molar-refractivity contribution < 1.29 is 0 Å². The van der Waals surface area contributed by atoms with Crippen LogP contribution in [0, 0.1) is 0 Å². The summed E-state index contributed by atoms with van der Waals surface area (Å²) in [6, 6.07) is 8.56. The maximum atomic E-state index is 2.32. The van der Waals surface area contributed by atoms with E-state index in [9.17, 15) is 0 Å². The highest BCUT2D eigenvalue weighted by atomic mass is 127. The second-order valence-electron chi connectivity index (χ2n) is 2.74. The van der Waals surface area contributed by atoms with Crippen LogP contribution in [0.15, 0.2) is 29.2 Å². The number of hydrogen-bond acceptors (Lipinski definition) is 3. The second kappa shape index (κ2) is 4.79. The van der Waals surface area contributed by atoms with Gasteiger partial charge in [0.15, 0.2) is 0 Å². The summed E-state index contributed by atoms with van der Waals surface area (Å²) in [6.07, 6.45) is 2.15. The molecule has 1 unspecified atom stereocenters. The molecule has 72 valence electrons. The fraction of sp³-hybridized carbons (Fsp3) is 0.333. The summed E-state index contributed by atoms with van der Waals surface area (Å²) in [5.41, 5.74) is 1.36. The molecule has 0 aromatic heterocycles. The van der Waals surface area contributed by atoms with Gasteiger partial charge in [0, 0.05) is 11.9 Å². The van der Waals surface area contributed by atoms with Crippen molar-refractivity contribution in [2.75, 3.05) is 18.2 Å². The Kier molecular flexibility index (Phi) is 4.25. The van der Waals surface area contributed by atoms with Crippen LogP contribution in [-0.2, 0) is 0 Å². The summed E-state index contributed by atoms with van der Waals surface area (Å²) in [4.78, 5) is 3.73. The van der Waals surface area contributed by atoms with Gasteiger partial charge in [-0.3, -0.25) is 0 Å². The van der Waals surface area contributed by atoms with Crippen LogP contribution in [-0.4, -0.2) is 18.0 Å². The zero-order valence-corrected chi connectivity index (χ0v) is 11.5. The van der Waals surface area contributed by atoms with E-state index in [1.807, 2.05) is 23.5 Å². The molecule has 13 heavy (non-hydrogen) atoms. The third-order valence-corrected chi connectivity index (χ3v) is 4.69. The lowest BCUT2D eigenvalue weighted by Gasteiger charge is -2.18. The van der Waals surface area contributed by atoms with E-state index in [0.29, 0.717) is 4.71 Å². The maximum Gasteiger partial charge on any atom is 0.126 e. The largest absolute Gasteiger partial charge is 0.353 e. The summed E-state index contributed by atoms with van der Waals surface area (Å²) in [6.45, 7) is 0. The molecule has 0 aliphatic carbocycles. The number of rotatable bonds is 1. The van der Waals surface area contributed by atoms with Crippen molar-refractivity contribution in [2.24, 2.45) is 0 Å². The van der Waals surface area contributed by atoms with Gasteiger partial charge in [-0.25, -0.2) is 0 Å². The van der Waals surface area contributed by atoms with Crippen molar-refractivity contribution >= 4 is 53.2 Å². The SMILES string of the molecule is CSC1Sc2ccccc2N1C.I. The standard InChI is InChI=1S/C9H11NS2.HI/c1-10-7-5-3-4-6-8(7)12-9(10)11-2;/h3-6,9H,1-2H3;1H. The minimum atomic E-state index is 0. The Balaban J connectivity index is 0.000000845. The molecule has 0 bridgehead atoms. The zero-order valence-electron chi connectivity index (χ0n) is 7.56. The first-order valence-electron chi connectivity index (χ1n) is 3.84. The van der Waals surface area contributed by atoms with Gasteiger partial charge in [0.1, 0.15) is 4.71 Å². The van der Waals surface area contributed by atoms with Crippen molar-refractivity contribution in [1.82, 2.24) is 0 Å². The van der Waals surface area contributed by atoms with E-state index in [1.54, 1.807) is 0 Å². The Morgan fingerprint density at radius 1 is 1.38 bits per heavy atom. The molecule has 0 fully saturated rings. The molecule has 1 aliphatic heterocycles. The lowest BCUT2D eigenvalue weighted by molar-refractivity contribution is 1.06. The average molecular weight is 325 g/mol. The summed E-state index contributed by atoms with van der Waals surface area (Å²) in [5.74, 6) is 0. The van der Waals surface area contributed by atoms with E-state index in [4.69, 9.17) is 0 Å². The van der Waals surface area contributed by atoms with Crippen molar-refractivity contribution in [3.63, 3.8) is 0 Å². The zero-order chi connectivity index (χ0) is 8.55. The second-order valence-corrected chi connectivity index (χ2v) is 5.08. The normalized spacial score (nSPS) is 19.5. The molecule has 4 heteroatoms. The van der Waals surface area contributed by atoms with E-state index in [0.717, 1.165) is 0 Å². The monoisotopic (exact) mass is 325 g/mol. The molecule has 1 nitrogen and oxygen atoms in total. The lowest BCUT2D eigenvalue weighted by atomic mass is 10.3. The first-order chi connectivity index (χ1) is 5.83. The Hall–Kier alpha value is 0.450. The van der Waals surface area contributed by atoms with Crippen LogP contribution in [0.25, 0.3) is 0 Å². The molecule has 1 heterocycles. The van der Waals surface area contributed by atoms with Gasteiger partial charge in [-0.2, -0.15) is 0 Å². The first kappa shape index (κ1) is 11.5. The van der Waals surface area contributed by atoms with Gasteiger partial charge in [-0.15, -0.1) is 35.7 Å². The number of thioether (sulfide) groups is 2. The third kappa shape index (κ3) is 2.10. The molecule has 0 N–H and O–H groups in total. The predicted octanol–water partition coefficient (Wildman–Crippen LogP) is 3.49. The summed E-state index contributed by atoms with van der Waals surface area (Å²) in [5, 5.41) is 0. The Bertz CT molecular complexity index is 293. The number of para-hydroxylation sites is 1. The number of hydrogen-bond donors (Lipinski definition) is 0. The number of halogens is 1. The maximum absolute atomic E-state index is 2.32. The highest BCUT2D eigenvalue weighted by molar-refractivity contribution is 14.0. The van der Waals surface area contributed by atoms with Crippen molar-refractivity contribution in [2.45, 2.75) is 9.60 Å². The van der Waals surface area contributed by atoms with Gasteiger partial charge < -0.3 is 4.90 Å². The molecule has 0 amide bonds. The molecule has 1 aromatic rings. The van der Waals surface area contributed by atoms with Crippen molar-refractivity contribution in [3.8, 4) is 0 Å². The minimum Gasteiger partial charge on any atom is -0.353 e. The molecule has 2 rings (SSSR count). The van der Waals surface area contributed by atoms with Crippen LogP contribution >= 0.6 is 47.5 Å². The number of fused-ring (bicyclic) bond motifs is 1. The van der Waals surface area contributed by atoms with Crippen molar-refractivity contribution in [3.05, 3.63) is 24.3 Å². The van der Waals surface area contributed by atoms with Gasteiger partial charge in [0.05, 0.1) is 5.69 Å². The van der Waals surface area contributed by atoms with Gasteiger partial charge in [-0.1, -0.05) is 23.9 Å². The highest BCUT2D eigenvalue weighted by Gasteiger charge is 2.25. The van der Waals surface area contributed by atoms with E-state index in [2.05, 4.69) is 42.5 Å². The minimum absolute atomic E-state index is 0. The fourth-order valence-electron chi connectivity index (χ4n) is 1.36. The molecule has 1 aliphatic rings. The van der Waals surface area contributed by atoms with Crippen LogP contribution in [0.2, 0.25) is 0 Å². The number of nitrogens with zero attached hydrogens (tertiary/aromatic N) is 1. The molecule has 1 atom stereocenters. The molecule has 0 saturated carbocycles. The lowest BCUT2D eigenvalue weighted by Crippen LogP contribution is -2.20. The summed E-state index contributed by atoms with van der Waals surface area (Å²) >= 11 is 3.82. The Morgan fingerprint density at radius 3 is 2.69 bits per heavy atom. The van der Waals surface area contributed by atoms with Gasteiger partial charge in [-0.05, 0) is 18.4 Å².